The van der Waals surface area contributed by atoms with E-state index < -0.39 is 22.0 Å². The summed E-state index contributed by atoms with van der Waals surface area (Å²) in [7, 11) is -4.48. The molecule has 1 heterocycles. The number of anilines is 2. The normalized spacial score (nSPS) is 14.3. The van der Waals surface area contributed by atoms with Crippen molar-refractivity contribution in [2.45, 2.75) is 12.6 Å². The van der Waals surface area contributed by atoms with Crippen LogP contribution in [0.2, 0.25) is 0 Å². The number of aliphatic imine (C=N–C) groups is 1. The van der Waals surface area contributed by atoms with Crippen LogP contribution in [0.15, 0.2) is 53.5 Å². The molecule has 28 heavy (non-hydrogen) atoms. The van der Waals surface area contributed by atoms with E-state index in [9.17, 15) is 21.6 Å². The molecule has 0 unspecified atom stereocenters. The first-order chi connectivity index (χ1) is 13.2. The van der Waals surface area contributed by atoms with Crippen LogP contribution in [0.25, 0.3) is 0 Å². The summed E-state index contributed by atoms with van der Waals surface area (Å²) < 4.78 is 61.7. The van der Waals surface area contributed by atoms with E-state index >= 15 is 0 Å². The monoisotopic (exact) mass is 412 g/mol. The Morgan fingerprint density at radius 2 is 1.54 bits per heavy atom. The van der Waals surface area contributed by atoms with Gasteiger partial charge in [-0.05, 0) is 41.8 Å². The van der Waals surface area contributed by atoms with E-state index in [0.29, 0.717) is 6.42 Å². The van der Waals surface area contributed by atoms with Gasteiger partial charge >= 0.3 is 6.18 Å². The molecule has 0 saturated heterocycles. The fraction of sp³-hybridized carbons (Fsp3) is 0.278. The summed E-state index contributed by atoms with van der Waals surface area (Å²) in [4.78, 5) is 4.26. The summed E-state index contributed by atoms with van der Waals surface area (Å²) >= 11 is 0. The lowest BCUT2D eigenvalue weighted by molar-refractivity contribution is -0.106. The maximum Gasteiger partial charge on any atom is 0.404 e. The van der Waals surface area contributed by atoms with Crippen LogP contribution in [0.1, 0.15) is 11.1 Å². The van der Waals surface area contributed by atoms with Crippen molar-refractivity contribution in [3.05, 3.63) is 59.7 Å². The minimum Gasteiger partial charge on any atom is -0.354 e. The first kappa shape index (κ1) is 20.0. The van der Waals surface area contributed by atoms with Crippen LogP contribution in [-0.4, -0.2) is 39.4 Å². The van der Waals surface area contributed by atoms with Crippen LogP contribution in [0.5, 0.6) is 0 Å². The Bertz CT molecular complexity index is 940. The molecule has 0 radical (unpaired) electrons. The van der Waals surface area contributed by atoms with Gasteiger partial charge in [0.1, 0.15) is 0 Å². The lowest BCUT2D eigenvalue weighted by Gasteiger charge is -2.11. The summed E-state index contributed by atoms with van der Waals surface area (Å²) in [5, 5.41) is 6.29. The predicted molar refractivity (Wildman–Crippen MR) is 103 cm³/mol. The summed E-state index contributed by atoms with van der Waals surface area (Å²) in [6.07, 6.45) is -4.18. The summed E-state index contributed by atoms with van der Waals surface area (Å²) in [6.45, 7) is 1.57. The standard InChI is InChI=1S/C18H19F3N4O2S/c19-18(20,21)12-28(26,27)25-16-7-3-14(4-8-16)11-13-1-5-15(6-2-13)24-17-22-9-10-23-17/h1-8,25H,9-12H2,(H2,22,23,24). The molecule has 0 bridgehead atoms. The van der Waals surface area contributed by atoms with E-state index in [4.69, 9.17) is 0 Å². The first-order valence-electron chi connectivity index (χ1n) is 8.49. The van der Waals surface area contributed by atoms with Crippen molar-refractivity contribution in [3.63, 3.8) is 0 Å². The highest BCUT2D eigenvalue weighted by Gasteiger charge is 2.35. The fourth-order valence-corrected chi connectivity index (χ4v) is 3.68. The molecular weight excluding hydrogens is 393 g/mol. The number of sulfonamides is 1. The third-order valence-corrected chi connectivity index (χ3v) is 5.13. The predicted octanol–water partition coefficient (Wildman–Crippen LogP) is 2.95. The number of halogens is 3. The van der Waals surface area contributed by atoms with Crippen LogP contribution in [-0.2, 0) is 16.4 Å². The Morgan fingerprint density at radius 3 is 2.04 bits per heavy atom. The summed E-state index contributed by atoms with van der Waals surface area (Å²) in [5.41, 5.74) is 2.95. The van der Waals surface area contributed by atoms with Gasteiger partial charge in [-0.3, -0.25) is 9.71 Å². The number of hydrogen-bond acceptors (Lipinski definition) is 5. The average molecular weight is 412 g/mol. The third-order valence-electron chi connectivity index (χ3n) is 3.88. The summed E-state index contributed by atoms with van der Waals surface area (Å²) in [5.74, 6) is -1.17. The SMILES string of the molecule is O=S(=O)(CC(F)(F)F)Nc1ccc(Cc2ccc(NC3=NCCN3)cc2)cc1. The number of alkyl halides is 3. The number of benzene rings is 2. The molecule has 150 valence electrons. The number of guanidine groups is 1. The number of nitrogens with zero attached hydrogens (tertiary/aromatic N) is 1. The Labute approximate surface area is 160 Å². The summed E-state index contributed by atoms with van der Waals surface area (Å²) in [6, 6.07) is 14.0. The van der Waals surface area contributed by atoms with E-state index in [0.717, 1.165) is 35.9 Å². The highest BCUT2D eigenvalue weighted by atomic mass is 32.2. The van der Waals surface area contributed by atoms with E-state index in [-0.39, 0.29) is 5.69 Å². The smallest absolute Gasteiger partial charge is 0.354 e. The molecule has 0 saturated carbocycles. The topological polar surface area (TPSA) is 82.6 Å². The van der Waals surface area contributed by atoms with Gasteiger partial charge in [-0.1, -0.05) is 24.3 Å². The third kappa shape index (κ3) is 6.15. The Kier molecular flexibility index (Phi) is 5.78. The Morgan fingerprint density at radius 1 is 0.964 bits per heavy atom. The first-order valence-corrected chi connectivity index (χ1v) is 10.1. The van der Waals surface area contributed by atoms with Gasteiger partial charge in [0, 0.05) is 17.9 Å². The molecule has 1 aliphatic rings. The van der Waals surface area contributed by atoms with Crippen molar-refractivity contribution in [1.82, 2.24) is 5.32 Å². The van der Waals surface area contributed by atoms with Crippen LogP contribution in [0.4, 0.5) is 24.5 Å². The van der Waals surface area contributed by atoms with Crippen molar-refractivity contribution < 1.29 is 21.6 Å². The molecule has 3 rings (SSSR count). The molecule has 0 aliphatic carbocycles. The highest BCUT2D eigenvalue weighted by Crippen LogP contribution is 2.20. The molecule has 0 atom stereocenters. The van der Waals surface area contributed by atoms with Gasteiger partial charge in [0.25, 0.3) is 0 Å². The van der Waals surface area contributed by atoms with Crippen molar-refractivity contribution in [3.8, 4) is 0 Å². The zero-order valence-electron chi connectivity index (χ0n) is 14.8. The van der Waals surface area contributed by atoms with Crippen molar-refractivity contribution >= 4 is 27.4 Å². The van der Waals surface area contributed by atoms with E-state index in [1.807, 2.05) is 29.0 Å². The number of rotatable bonds is 6. The van der Waals surface area contributed by atoms with Gasteiger partial charge < -0.3 is 10.6 Å². The minimum atomic E-state index is -4.78. The largest absolute Gasteiger partial charge is 0.404 e. The van der Waals surface area contributed by atoms with Gasteiger partial charge in [0.05, 0.1) is 6.54 Å². The zero-order chi connectivity index (χ0) is 20.2. The number of hydrogen-bond donors (Lipinski definition) is 3. The second-order valence-electron chi connectivity index (χ2n) is 6.33. The molecule has 0 fully saturated rings. The molecule has 3 N–H and O–H groups in total. The highest BCUT2D eigenvalue weighted by molar-refractivity contribution is 7.92. The van der Waals surface area contributed by atoms with E-state index in [2.05, 4.69) is 15.6 Å². The molecule has 1 aliphatic heterocycles. The van der Waals surface area contributed by atoms with E-state index in [1.165, 1.54) is 12.1 Å². The second-order valence-corrected chi connectivity index (χ2v) is 8.05. The molecule has 0 amide bonds. The maximum absolute atomic E-state index is 12.3. The quantitative estimate of drug-likeness (QED) is 0.681. The van der Waals surface area contributed by atoms with Crippen LogP contribution in [0.3, 0.4) is 0 Å². The number of nitrogens with one attached hydrogen (secondary N) is 3. The second kappa shape index (κ2) is 8.09. The van der Waals surface area contributed by atoms with Gasteiger partial charge in [0.2, 0.25) is 10.0 Å². The molecular formula is C18H19F3N4O2S. The molecule has 0 aromatic heterocycles. The Balaban J connectivity index is 1.58. The van der Waals surface area contributed by atoms with Gasteiger partial charge in [0.15, 0.2) is 11.7 Å². The van der Waals surface area contributed by atoms with Crippen molar-refractivity contribution in [1.29, 1.82) is 0 Å². The van der Waals surface area contributed by atoms with Gasteiger partial charge in [-0.25, -0.2) is 8.42 Å². The minimum absolute atomic E-state index is 0.0948. The molecule has 2 aromatic rings. The van der Waals surface area contributed by atoms with Gasteiger partial charge in [-0.15, -0.1) is 0 Å². The lowest BCUT2D eigenvalue weighted by Crippen LogP contribution is -2.27. The Hall–Kier alpha value is -2.75. The van der Waals surface area contributed by atoms with Gasteiger partial charge in [-0.2, -0.15) is 13.2 Å². The maximum atomic E-state index is 12.3. The zero-order valence-corrected chi connectivity index (χ0v) is 15.6. The average Bonchev–Trinajstić information content (AvgIpc) is 3.09. The van der Waals surface area contributed by atoms with E-state index in [1.54, 1.807) is 12.1 Å². The van der Waals surface area contributed by atoms with Crippen LogP contribution >= 0.6 is 0 Å². The molecule has 6 nitrogen and oxygen atoms in total. The van der Waals surface area contributed by atoms with Crippen molar-refractivity contribution in [2.75, 3.05) is 28.9 Å². The lowest BCUT2D eigenvalue weighted by atomic mass is 10.0. The van der Waals surface area contributed by atoms with Crippen LogP contribution < -0.4 is 15.4 Å². The fourth-order valence-electron chi connectivity index (χ4n) is 2.68. The molecule has 0 spiro atoms. The van der Waals surface area contributed by atoms with Crippen LogP contribution in [0, 0.1) is 0 Å². The molecule has 2 aromatic carbocycles. The molecule has 10 heteroatoms. The van der Waals surface area contributed by atoms with Crippen molar-refractivity contribution in [2.24, 2.45) is 4.99 Å².